The van der Waals surface area contributed by atoms with Crippen LogP contribution in [0.4, 0.5) is 20.6 Å². The average molecular weight is 418 g/mol. The fourth-order valence-corrected chi connectivity index (χ4v) is 3.76. The molecule has 1 aliphatic rings. The van der Waals surface area contributed by atoms with E-state index in [9.17, 15) is 18.2 Å². The minimum atomic E-state index is -1.07. The number of urea groups is 1. The lowest BCUT2D eigenvalue weighted by Crippen LogP contribution is -2.34. The number of hydrogen-bond donors (Lipinski definition) is 1. The van der Waals surface area contributed by atoms with Gasteiger partial charge in [0, 0.05) is 47.7 Å². The van der Waals surface area contributed by atoms with Crippen LogP contribution in [-0.4, -0.2) is 40.9 Å². The Morgan fingerprint density at radius 3 is 2.52 bits per heavy atom. The third-order valence-electron chi connectivity index (χ3n) is 5.17. The first-order valence-electron chi connectivity index (χ1n) is 9.35. The number of benzene rings is 2. The molecule has 3 amide bonds. The summed E-state index contributed by atoms with van der Waals surface area (Å²) in [6, 6.07) is 10.7. The maximum atomic E-state index is 14.3. The predicted octanol–water partition coefficient (Wildman–Crippen LogP) is 3.91. The van der Waals surface area contributed by atoms with E-state index >= 15 is 0 Å². The molecule has 3 rings (SSSR count). The molecule has 1 heterocycles. The van der Waals surface area contributed by atoms with E-state index in [1.165, 1.54) is 17.0 Å². The smallest absolute Gasteiger partial charge is 0.321 e. The van der Waals surface area contributed by atoms with Crippen LogP contribution in [0.3, 0.4) is 0 Å². The second-order valence-corrected chi connectivity index (χ2v) is 8.43. The first kappa shape index (κ1) is 21.0. The van der Waals surface area contributed by atoms with Crippen molar-refractivity contribution in [1.82, 2.24) is 4.90 Å². The van der Waals surface area contributed by atoms with Gasteiger partial charge in [-0.3, -0.25) is 9.00 Å². The largest absolute Gasteiger partial charge is 0.322 e. The molecule has 29 heavy (non-hydrogen) atoms. The molecule has 0 spiro atoms. The van der Waals surface area contributed by atoms with Crippen LogP contribution in [0.1, 0.15) is 31.4 Å². The van der Waals surface area contributed by atoms with Gasteiger partial charge in [-0.2, -0.15) is 0 Å². The minimum Gasteiger partial charge on any atom is -0.321 e. The second-order valence-electron chi connectivity index (χ2n) is 7.05. The molecule has 6 nitrogen and oxygen atoms in total. The fourth-order valence-electron chi connectivity index (χ4n) is 3.24. The van der Waals surface area contributed by atoms with E-state index in [-0.39, 0.29) is 17.6 Å². The van der Waals surface area contributed by atoms with Gasteiger partial charge < -0.3 is 15.1 Å². The van der Waals surface area contributed by atoms with Gasteiger partial charge in [0.15, 0.2) is 0 Å². The minimum absolute atomic E-state index is 0.00363. The van der Waals surface area contributed by atoms with Gasteiger partial charge in [0.25, 0.3) is 0 Å². The lowest BCUT2D eigenvalue weighted by molar-refractivity contribution is -0.117. The van der Waals surface area contributed by atoms with E-state index in [2.05, 4.69) is 5.32 Å². The van der Waals surface area contributed by atoms with Gasteiger partial charge in [0.1, 0.15) is 5.82 Å². The topological polar surface area (TPSA) is 69.7 Å². The lowest BCUT2D eigenvalue weighted by Gasteiger charge is -2.26. The van der Waals surface area contributed by atoms with Gasteiger partial charge in [-0.1, -0.05) is 12.1 Å². The Bertz CT molecular complexity index is 949. The maximum Gasteiger partial charge on any atom is 0.322 e. The van der Waals surface area contributed by atoms with Crippen molar-refractivity contribution in [3.8, 4) is 0 Å². The molecule has 0 aliphatic carbocycles. The van der Waals surface area contributed by atoms with Gasteiger partial charge in [-0.25, -0.2) is 9.18 Å². The monoisotopic (exact) mass is 417 g/mol. The van der Waals surface area contributed by atoms with E-state index in [1.54, 1.807) is 36.4 Å². The molecule has 0 bridgehead atoms. The number of carbonyl (C=O) groups is 2. The number of nitrogens with one attached hydrogen (secondary N) is 1. The zero-order chi connectivity index (χ0) is 21.1. The molecule has 1 aliphatic heterocycles. The molecule has 8 heteroatoms. The van der Waals surface area contributed by atoms with Gasteiger partial charge in [0.2, 0.25) is 5.91 Å². The van der Waals surface area contributed by atoms with Gasteiger partial charge in [0.05, 0.1) is 11.7 Å². The van der Waals surface area contributed by atoms with E-state index in [4.69, 9.17) is 0 Å². The number of nitrogens with zero attached hydrogens (tertiary/aromatic N) is 2. The predicted molar refractivity (Wildman–Crippen MR) is 112 cm³/mol. The normalized spacial score (nSPS) is 15.9. The highest BCUT2D eigenvalue weighted by atomic mass is 32.2. The van der Waals surface area contributed by atoms with Crippen molar-refractivity contribution in [3.63, 3.8) is 0 Å². The van der Waals surface area contributed by atoms with Crippen LogP contribution in [0.2, 0.25) is 0 Å². The molecule has 1 saturated heterocycles. The quantitative estimate of drug-likeness (QED) is 0.802. The molecule has 2 aromatic rings. The molecular weight excluding hydrogens is 393 g/mol. The summed E-state index contributed by atoms with van der Waals surface area (Å²) in [5.41, 5.74) is 1.47. The molecule has 0 radical (unpaired) electrons. The Kier molecular flexibility index (Phi) is 6.32. The van der Waals surface area contributed by atoms with Gasteiger partial charge >= 0.3 is 6.03 Å². The Morgan fingerprint density at radius 2 is 1.93 bits per heavy atom. The molecular formula is C21H24FN3O3S. The molecule has 1 N–H and O–H groups in total. The Balaban J connectivity index is 1.73. The van der Waals surface area contributed by atoms with Crippen molar-refractivity contribution in [2.45, 2.75) is 30.7 Å². The summed E-state index contributed by atoms with van der Waals surface area (Å²) in [6.45, 7) is 2.44. The van der Waals surface area contributed by atoms with Crippen molar-refractivity contribution in [1.29, 1.82) is 0 Å². The zero-order valence-corrected chi connectivity index (χ0v) is 17.5. The molecule has 154 valence electrons. The number of carbonyl (C=O) groups excluding carboxylic acids is 2. The number of rotatable bonds is 5. The Labute approximate surface area is 172 Å². The van der Waals surface area contributed by atoms with Gasteiger partial charge in [-0.15, -0.1) is 0 Å². The summed E-state index contributed by atoms with van der Waals surface area (Å²) < 4.78 is 25.8. The third-order valence-corrected chi connectivity index (χ3v) is 6.11. The number of anilines is 2. The van der Waals surface area contributed by atoms with Crippen molar-refractivity contribution >= 4 is 34.1 Å². The summed E-state index contributed by atoms with van der Waals surface area (Å²) in [7, 11) is 0.555. The Morgan fingerprint density at radius 1 is 1.24 bits per heavy atom. The highest BCUT2D eigenvalue weighted by Gasteiger charge is 2.24. The van der Waals surface area contributed by atoms with E-state index in [0.29, 0.717) is 23.5 Å². The molecule has 2 atom stereocenters. The number of hydrogen-bond acceptors (Lipinski definition) is 3. The Hall–Kier alpha value is -2.74. The van der Waals surface area contributed by atoms with Crippen molar-refractivity contribution in [2.24, 2.45) is 0 Å². The fraction of sp³-hybridized carbons (Fsp3) is 0.333. The summed E-state index contributed by atoms with van der Waals surface area (Å²) >= 11 is 0. The highest BCUT2D eigenvalue weighted by Crippen LogP contribution is 2.27. The highest BCUT2D eigenvalue weighted by molar-refractivity contribution is 7.84. The lowest BCUT2D eigenvalue weighted by atomic mass is 10.1. The van der Waals surface area contributed by atoms with Crippen LogP contribution in [0.5, 0.6) is 0 Å². The van der Waals surface area contributed by atoms with Crippen LogP contribution in [0.25, 0.3) is 0 Å². The summed E-state index contributed by atoms with van der Waals surface area (Å²) in [4.78, 5) is 28.4. The van der Waals surface area contributed by atoms with Crippen LogP contribution < -0.4 is 10.2 Å². The van der Waals surface area contributed by atoms with Crippen molar-refractivity contribution < 1.29 is 18.2 Å². The third kappa shape index (κ3) is 4.64. The van der Waals surface area contributed by atoms with Crippen LogP contribution in [0.15, 0.2) is 47.4 Å². The standard InChI is InChI=1S/C21H24FN3O3S/c1-14(15-6-9-17(10-7-15)29(3)28)24(2)21(27)23-19-13-16(8-11-18(19)22)25-12-4-5-20(25)26/h6-11,13-14H,4-5,12H2,1-3H3,(H,23,27). The number of amides is 3. The second kappa shape index (κ2) is 8.73. The van der Waals surface area contributed by atoms with E-state index in [0.717, 1.165) is 12.0 Å². The SMILES string of the molecule is CC(c1ccc(S(C)=O)cc1)N(C)C(=O)Nc1cc(N2CCCC2=O)ccc1F. The van der Waals surface area contributed by atoms with Crippen molar-refractivity contribution in [3.05, 3.63) is 53.8 Å². The molecule has 2 unspecified atom stereocenters. The molecule has 1 fully saturated rings. The first-order valence-corrected chi connectivity index (χ1v) is 10.9. The van der Waals surface area contributed by atoms with E-state index in [1.807, 2.05) is 19.1 Å². The maximum absolute atomic E-state index is 14.3. The summed E-state index contributed by atoms with van der Waals surface area (Å²) in [5.74, 6) is -0.569. The van der Waals surface area contributed by atoms with E-state index < -0.39 is 22.6 Å². The zero-order valence-electron chi connectivity index (χ0n) is 16.6. The average Bonchev–Trinajstić information content (AvgIpc) is 3.14. The van der Waals surface area contributed by atoms with Gasteiger partial charge in [-0.05, 0) is 49.2 Å². The first-order chi connectivity index (χ1) is 13.8. The molecule has 0 saturated carbocycles. The van der Waals surface area contributed by atoms with Crippen molar-refractivity contribution in [2.75, 3.05) is 30.1 Å². The van der Waals surface area contributed by atoms with Crippen LogP contribution in [-0.2, 0) is 15.6 Å². The molecule has 2 aromatic carbocycles. The van der Waals surface area contributed by atoms with Crippen LogP contribution >= 0.6 is 0 Å². The number of halogens is 1. The van der Waals surface area contributed by atoms with Crippen LogP contribution in [0, 0.1) is 5.82 Å². The summed E-state index contributed by atoms with van der Waals surface area (Å²) in [5, 5.41) is 2.59. The molecule has 0 aromatic heterocycles. The summed E-state index contributed by atoms with van der Waals surface area (Å²) in [6.07, 6.45) is 2.85.